The average molecular weight is 263 g/mol. The molecule has 1 aromatic carbocycles. The molecule has 0 fully saturated rings. The molecule has 0 aliphatic carbocycles. The van der Waals surface area contributed by atoms with Crippen LogP contribution in [0.1, 0.15) is 0 Å². The number of nitrogens with zero attached hydrogens (tertiary/aromatic N) is 1. The van der Waals surface area contributed by atoms with Crippen LogP contribution in [0.5, 0.6) is 0 Å². The van der Waals surface area contributed by atoms with Gasteiger partial charge in [0.2, 0.25) is 0 Å². The van der Waals surface area contributed by atoms with Crippen LogP contribution in [0.25, 0.3) is 10.8 Å². The predicted molar refractivity (Wildman–Crippen MR) is 70.2 cm³/mol. The Morgan fingerprint density at radius 1 is 1.33 bits per heavy atom. The quantitative estimate of drug-likeness (QED) is 0.636. The van der Waals surface area contributed by atoms with Crippen molar-refractivity contribution in [3.8, 4) is 0 Å². The van der Waals surface area contributed by atoms with Crippen molar-refractivity contribution in [3.05, 3.63) is 49.2 Å². The molecule has 0 amide bonds. The fourth-order valence-corrected chi connectivity index (χ4v) is 2.83. The number of rotatable bonds is 4. The highest BCUT2D eigenvalue weighted by molar-refractivity contribution is 7.89. The van der Waals surface area contributed by atoms with Gasteiger partial charge in [-0.25, -0.2) is 13.4 Å². The van der Waals surface area contributed by atoms with Gasteiger partial charge in [-0.3, -0.25) is 0 Å². The zero-order valence-corrected chi connectivity index (χ0v) is 10.4. The zero-order valence-electron chi connectivity index (χ0n) is 9.58. The summed E-state index contributed by atoms with van der Waals surface area (Å²) in [6.07, 6.45) is 1.93. The van der Waals surface area contributed by atoms with Crippen LogP contribution in [0.4, 0.5) is 0 Å². The maximum Gasteiger partial charge on any atom is 0.260 e. The van der Waals surface area contributed by atoms with Gasteiger partial charge in [0.05, 0.1) is 6.17 Å². The molecule has 0 radical (unpaired) electrons. The molecule has 5 nitrogen and oxygen atoms in total. The molecule has 0 bridgehead atoms. The Morgan fingerprint density at radius 2 is 2.06 bits per heavy atom. The highest BCUT2D eigenvalue weighted by Crippen LogP contribution is 2.20. The van der Waals surface area contributed by atoms with Crippen molar-refractivity contribution in [3.63, 3.8) is 0 Å². The van der Waals surface area contributed by atoms with Gasteiger partial charge in [0, 0.05) is 11.6 Å². The fraction of sp³-hybridized carbons (Fsp3) is 0.0833. The van der Waals surface area contributed by atoms with Gasteiger partial charge in [-0.05, 0) is 11.5 Å². The van der Waals surface area contributed by atoms with Crippen molar-refractivity contribution in [1.82, 2.24) is 9.71 Å². The summed E-state index contributed by atoms with van der Waals surface area (Å²) in [5.74, 6) is 0. The molecule has 1 heterocycles. The molecule has 1 atom stereocenters. The van der Waals surface area contributed by atoms with Gasteiger partial charge in [-0.1, -0.05) is 30.3 Å². The first-order valence-corrected chi connectivity index (χ1v) is 6.77. The summed E-state index contributed by atoms with van der Waals surface area (Å²) < 4.78 is 26.5. The second-order valence-electron chi connectivity index (χ2n) is 3.72. The smallest absolute Gasteiger partial charge is 0.260 e. The van der Waals surface area contributed by atoms with Gasteiger partial charge >= 0.3 is 0 Å². The van der Waals surface area contributed by atoms with Gasteiger partial charge in [0.1, 0.15) is 0 Å². The Hall–Kier alpha value is -1.76. The topological polar surface area (TPSA) is 85.1 Å². The summed E-state index contributed by atoms with van der Waals surface area (Å²) in [7, 11) is -3.76. The minimum Gasteiger partial charge on any atom is -0.312 e. The Morgan fingerprint density at radius 3 is 2.78 bits per heavy atom. The van der Waals surface area contributed by atoms with Gasteiger partial charge in [-0.15, -0.1) is 6.58 Å². The summed E-state index contributed by atoms with van der Waals surface area (Å²) in [5, 5.41) is 1.33. The van der Waals surface area contributed by atoms with Crippen LogP contribution in [0, 0.1) is 0 Å². The van der Waals surface area contributed by atoms with Gasteiger partial charge in [0.25, 0.3) is 10.0 Å². The molecule has 0 saturated heterocycles. The largest absolute Gasteiger partial charge is 0.312 e. The summed E-state index contributed by atoms with van der Waals surface area (Å²) >= 11 is 0. The first-order chi connectivity index (χ1) is 8.54. The normalized spacial score (nSPS) is 13.4. The van der Waals surface area contributed by atoms with E-state index in [-0.39, 0.29) is 5.03 Å². The second-order valence-corrected chi connectivity index (χ2v) is 5.35. The third-order valence-electron chi connectivity index (χ3n) is 2.44. The lowest BCUT2D eigenvalue weighted by atomic mass is 10.2. The minimum atomic E-state index is -3.76. The SMILES string of the molecule is C=CC(N)NS(=O)(=O)c1nccc2ccccc12. The highest BCUT2D eigenvalue weighted by atomic mass is 32.2. The summed E-state index contributed by atoms with van der Waals surface area (Å²) in [4.78, 5) is 3.93. The molecule has 18 heavy (non-hydrogen) atoms. The third-order valence-corrected chi connectivity index (χ3v) is 3.85. The van der Waals surface area contributed by atoms with E-state index in [1.54, 1.807) is 18.2 Å². The van der Waals surface area contributed by atoms with E-state index in [4.69, 9.17) is 5.73 Å². The second kappa shape index (κ2) is 4.85. The minimum absolute atomic E-state index is 0.0297. The lowest BCUT2D eigenvalue weighted by Gasteiger charge is -2.11. The molecule has 0 aliphatic rings. The molecule has 3 N–H and O–H groups in total. The van der Waals surface area contributed by atoms with Crippen molar-refractivity contribution in [2.75, 3.05) is 0 Å². The molecular weight excluding hydrogens is 250 g/mol. The molecule has 94 valence electrons. The van der Waals surface area contributed by atoms with Crippen LogP contribution >= 0.6 is 0 Å². The average Bonchev–Trinajstić information content (AvgIpc) is 2.37. The molecule has 1 aromatic heterocycles. The number of aromatic nitrogens is 1. The maximum absolute atomic E-state index is 12.1. The lowest BCUT2D eigenvalue weighted by molar-refractivity contribution is 0.571. The Kier molecular flexibility index (Phi) is 3.42. The Labute approximate surface area is 105 Å². The molecular formula is C12H13N3O2S. The van der Waals surface area contributed by atoms with Gasteiger partial charge in [0.15, 0.2) is 5.03 Å². The fourth-order valence-electron chi connectivity index (χ4n) is 1.59. The van der Waals surface area contributed by atoms with E-state index >= 15 is 0 Å². The molecule has 0 saturated carbocycles. The Bertz CT molecular complexity index is 677. The number of pyridine rings is 1. The van der Waals surface area contributed by atoms with Crippen molar-refractivity contribution in [2.45, 2.75) is 11.2 Å². The molecule has 1 unspecified atom stereocenters. The van der Waals surface area contributed by atoms with E-state index in [1.807, 2.05) is 12.1 Å². The zero-order chi connectivity index (χ0) is 13.2. The standard InChI is InChI=1S/C12H13N3O2S/c1-2-11(13)15-18(16,17)12-10-6-4-3-5-9(10)7-8-14-12/h2-8,11,15H,1,13H2. The predicted octanol–water partition coefficient (Wildman–Crippen LogP) is 0.984. The lowest BCUT2D eigenvalue weighted by Crippen LogP contribution is -2.40. The molecule has 2 rings (SSSR count). The molecule has 2 aromatic rings. The first-order valence-electron chi connectivity index (χ1n) is 5.29. The third kappa shape index (κ3) is 2.40. The number of sulfonamides is 1. The molecule has 0 aliphatic heterocycles. The summed E-state index contributed by atoms with van der Waals surface area (Å²) in [6, 6.07) is 8.87. The van der Waals surface area contributed by atoms with E-state index in [2.05, 4.69) is 16.3 Å². The number of benzene rings is 1. The number of fused-ring (bicyclic) bond motifs is 1. The summed E-state index contributed by atoms with van der Waals surface area (Å²) in [5.41, 5.74) is 5.50. The van der Waals surface area contributed by atoms with Gasteiger partial charge < -0.3 is 5.73 Å². The molecule has 6 heteroatoms. The number of hydrogen-bond donors (Lipinski definition) is 2. The van der Waals surface area contributed by atoms with Crippen LogP contribution < -0.4 is 10.5 Å². The van der Waals surface area contributed by atoms with E-state index < -0.39 is 16.2 Å². The highest BCUT2D eigenvalue weighted by Gasteiger charge is 2.20. The van der Waals surface area contributed by atoms with Crippen LogP contribution in [0.2, 0.25) is 0 Å². The van der Waals surface area contributed by atoms with Crippen LogP contribution in [-0.2, 0) is 10.0 Å². The number of nitrogens with two attached hydrogens (primary N) is 1. The van der Waals surface area contributed by atoms with Crippen LogP contribution in [0.3, 0.4) is 0 Å². The summed E-state index contributed by atoms with van der Waals surface area (Å²) in [6.45, 7) is 3.43. The van der Waals surface area contributed by atoms with Crippen molar-refractivity contribution in [2.24, 2.45) is 5.73 Å². The maximum atomic E-state index is 12.1. The molecule has 0 spiro atoms. The Balaban J connectivity index is 2.57. The van der Waals surface area contributed by atoms with E-state index in [9.17, 15) is 8.42 Å². The van der Waals surface area contributed by atoms with E-state index in [1.165, 1.54) is 12.3 Å². The van der Waals surface area contributed by atoms with E-state index in [0.717, 1.165) is 5.39 Å². The van der Waals surface area contributed by atoms with Crippen molar-refractivity contribution >= 4 is 20.8 Å². The van der Waals surface area contributed by atoms with Crippen molar-refractivity contribution < 1.29 is 8.42 Å². The van der Waals surface area contributed by atoms with Gasteiger partial charge in [-0.2, -0.15) is 4.72 Å². The monoisotopic (exact) mass is 263 g/mol. The number of hydrogen-bond acceptors (Lipinski definition) is 4. The van der Waals surface area contributed by atoms with Crippen molar-refractivity contribution in [1.29, 1.82) is 0 Å². The first kappa shape index (κ1) is 12.7. The van der Waals surface area contributed by atoms with Crippen LogP contribution in [-0.4, -0.2) is 19.6 Å². The van der Waals surface area contributed by atoms with E-state index in [0.29, 0.717) is 5.39 Å². The number of nitrogens with one attached hydrogen (secondary N) is 1. The van der Waals surface area contributed by atoms with Crippen LogP contribution in [0.15, 0.2) is 54.2 Å².